The second-order valence-electron chi connectivity index (χ2n) is 5.87. The molecule has 3 N–H and O–H groups in total. The third-order valence-corrected chi connectivity index (χ3v) is 5.39. The fourth-order valence-electron chi connectivity index (χ4n) is 3.02. The second kappa shape index (κ2) is 7.69. The fraction of sp³-hybridized carbons (Fsp3) is 0.412. The van der Waals surface area contributed by atoms with Crippen LogP contribution in [0.2, 0.25) is 0 Å². The molecule has 2 atom stereocenters. The number of nitrogens with zero attached hydrogens (tertiary/aromatic N) is 1. The lowest BCUT2D eigenvalue weighted by atomic mass is 9.91. The number of carbonyl (C=O) groups excluding carboxylic acids is 3. The van der Waals surface area contributed by atoms with Gasteiger partial charge in [0.05, 0.1) is 10.8 Å². The summed E-state index contributed by atoms with van der Waals surface area (Å²) in [6.07, 6.45) is 4.08. The van der Waals surface area contributed by atoms with Crippen molar-refractivity contribution in [1.29, 1.82) is 0 Å². The number of hydrogen-bond acceptors (Lipinski definition) is 7. The molecule has 2 heterocycles. The van der Waals surface area contributed by atoms with Gasteiger partial charge in [-0.3, -0.25) is 14.4 Å². The van der Waals surface area contributed by atoms with Crippen LogP contribution >= 0.6 is 11.8 Å². The molecule has 0 saturated heterocycles. The smallest absolute Gasteiger partial charge is 0.209 e. The van der Waals surface area contributed by atoms with Gasteiger partial charge in [0, 0.05) is 24.0 Å². The Morgan fingerprint density at radius 3 is 3.00 bits per heavy atom. The van der Waals surface area contributed by atoms with E-state index in [9.17, 15) is 14.4 Å². The minimum atomic E-state index is -0.691. The predicted octanol–water partition coefficient (Wildman–Crippen LogP) is 1.64. The third kappa shape index (κ3) is 3.68. The monoisotopic (exact) mass is 360 g/mol. The summed E-state index contributed by atoms with van der Waals surface area (Å²) in [5.74, 6) is -0.346. The number of carbonyl (C=O) groups is 3. The number of aromatic nitrogens is 1. The molecule has 3 rings (SSSR count). The van der Waals surface area contributed by atoms with E-state index in [4.69, 9.17) is 0 Å². The molecule has 1 aliphatic heterocycles. The Balaban J connectivity index is 1.76. The van der Waals surface area contributed by atoms with E-state index in [1.165, 1.54) is 18.0 Å². The highest BCUT2D eigenvalue weighted by Crippen LogP contribution is 2.38. The molecule has 0 saturated carbocycles. The minimum Gasteiger partial charge on any atom is -0.370 e. The number of rotatable bonds is 6. The average Bonchev–Trinajstić information content (AvgIpc) is 2.95. The van der Waals surface area contributed by atoms with E-state index >= 15 is 0 Å². The van der Waals surface area contributed by atoms with E-state index in [-0.39, 0.29) is 17.1 Å². The highest BCUT2D eigenvalue weighted by atomic mass is 32.2. The number of hydrogen-bond donors (Lipinski definition) is 3. The molecule has 0 fully saturated rings. The lowest BCUT2D eigenvalue weighted by Crippen LogP contribution is -2.34. The molecule has 1 aliphatic carbocycles. The quantitative estimate of drug-likeness (QED) is 0.403. The topological polar surface area (TPSA) is 100 Å². The molecule has 132 valence electrons. The Kier molecular flexibility index (Phi) is 5.37. The Hall–Kier alpha value is -2.35. The van der Waals surface area contributed by atoms with Crippen molar-refractivity contribution in [2.45, 2.75) is 31.7 Å². The molecule has 2 unspecified atom stereocenters. The Morgan fingerprint density at radius 1 is 1.48 bits per heavy atom. The van der Waals surface area contributed by atoms with E-state index in [2.05, 4.69) is 20.9 Å². The van der Waals surface area contributed by atoms with Gasteiger partial charge in [-0.25, -0.2) is 4.98 Å². The van der Waals surface area contributed by atoms with Crippen molar-refractivity contribution in [2.75, 3.05) is 11.9 Å². The normalized spacial score (nSPS) is 22.7. The number of allylic oxidation sites excluding steroid dienone is 2. The van der Waals surface area contributed by atoms with Crippen molar-refractivity contribution < 1.29 is 14.4 Å². The number of Topliss-reactive ketones (excluding diaryl/α,β-unsaturated/α-hetero) is 2. The van der Waals surface area contributed by atoms with Gasteiger partial charge in [-0.1, -0.05) is 11.8 Å². The molecule has 1 amide bonds. The van der Waals surface area contributed by atoms with Gasteiger partial charge in [-0.2, -0.15) is 0 Å². The summed E-state index contributed by atoms with van der Waals surface area (Å²) in [7, 11) is 0. The third-order valence-electron chi connectivity index (χ3n) is 4.22. The van der Waals surface area contributed by atoms with E-state index in [1.807, 2.05) is 6.92 Å². The molecule has 1 aromatic heterocycles. The van der Waals surface area contributed by atoms with Crippen molar-refractivity contribution in [3.63, 3.8) is 0 Å². The van der Waals surface area contributed by atoms with Crippen LogP contribution in [0.15, 0.2) is 28.9 Å². The maximum absolute atomic E-state index is 12.9. The minimum absolute atomic E-state index is 0.166. The fourth-order valence-corrected chi connectivity index (χ4v) is 4.14. The van der Waals surface area contributed by atoms with E-state index < -0.39 is 5.92 Å². The maximum atomic E-state index is 12.9. The Labute approximate surface area is 150 Å². The molecule has 1 aromatic rings. The highest BCUT2D eigenvalue weighted by molar-refractivity contribution is 8.04. The lowest BCUT2D eigenvalue weighted by Gasteiger charge is -2.15. The SMILES string of the molecule is CCNc1ccc(C(=O)C2CCCC3=C(SC(NC=O)N3)C2=O)cn1. The number of anilines is 1. The van der Waals surface area contributed by atoms with Crippen LogP contribution in [-0.2, 0) is 9.59 Å². The van der Waals surface area contributed by atoms with Crippen LogP contribution in [0.5, 0.6) is 0 Å². The molecule has 0 radical (unpaired) electrons. The summed E-state index contributed by atoms with van der Waals surface area (Å²) in [6, 6.07) is 3.45. The zero-order valence-electron chi connectivity index (χ0n) is 13.9. The summed E-state index contributed by atoms with van der Waals surface area (Å²) >= 11 is 1.26. The summed E-state index contributed by atoms with van der Waals surface area (Å²) in [6.45, 7) is 2.72. The van der Waals surface area contributed by atoms with Crippen molar-refractivity contribution in [2.24, 2.45) is 5.92 Å². The maximum Gasteiger partial charge on any atom is 0.209 e. The zero-order chi connectivity index (χ0) is 17.8. The molecule has 8 heteroatoms. The predicted molar refractivity (Wildman–Crippen MR) is 95.8 cm³/mol. The number of nitrogens with one attached hydrogen (secondary N) is 3. The van der Waals surface area contributed by atoms with Gasteiger partial charge in [0.15, 0.2) is 17.1 Å². The van der Waals surface area contributed by atoms with Gasteiger partial charge >= 0.3 is 0 Å². The van der Waals surface area contributed by atoms with Crippen LogP contribution in [0, 0.1) is 5.92 Å². The van der Waals surface area contributed by atoms with Gasteiger partial charge in [0.2, 0.25) is 6.41 Å². The first-order valence-electron chi connectivity index (χ1n) is 8.28. The van der Waals surface area contributed by atoms with Gasteiger partial charge in [0.25, 0.3) is 0 Å². The van der Waals surface area contributed by atoms with Crippen LogP contribution < -0.4 is 16.0 Å². The van der Waals surface area contributed by atoms with Crippen molar-refractivity contribution in [3.8, 4) is 0 Å². The number of pyridine rings is 1. The molecule has 25 heavy (non-hydrogen) atoms. The lowest BCUT2D eigenvalue weighted by molar-refractivity contribution is -0.117. The van der Waals surface area contributed by atoms with Crippen LogP contribution in [-0.4, -0.2) is 35.0 Å². The van der Waals surface area contributed by atoms with Crippen molar-refractivity contribution >= 4 is 35.6 Å². The summed E-state index contributed by atoms with van der Waals surface area (Å²) in [4.78, 5) is 41.1. The molecule has 0 aromatic carbocycles. The van der Waals surface area contributed by atoms with Crippen molar-refractivity contribution in [1.82, 2.24) is 15.6 Å². The first kappa shape index (κ1) is 17.5. The standard InChI is InChI=1S/C17H20N4O3S/c1-2-18-13-7-6-10(8-19-13)14(23)11-4-3-5-12-16(15(11)24)25-17(21-12)20-9-22/h6-9,11,17,21H,2-5H2,1H3,(H,18,19)(H,20,22). The van der Waals surface area contributed by atoms with Crippen molar-refractivity contribution in [3.05, 3.63) is 34.5 Å². The van der Waals surface area contributed by atoms with Crippen LogP contribution in [0.25, 0.3) is 0 Å². The highest BCUT2D eigenvalue weighted by Gasteiger charge is 2.38. The average molecular weight is 360 g/mol. The first-order chi connectivity index (χ1) is 12.1. The summed E-state index contributed by atoms with van der Waals surface area (Å²) < 4.78 is 0. The molecule has 0 spiro atoms. The number of amides is 1. The summed E-state index contributed by atoms with van der Waals surface area (Å²) in [5.41, 5.74) is 0.925. The van der Waals surface area contributed by atoms with Crippen LogP contribution in [0.1, 0.15) is 36.5 Å². The molecule has 0 bridgehead atoms. The van der Waals surface area contributed by atoms with E-state index in [0.717, 1.165) is 18.7 Å². The Bertz CT molecular complexity index is 717. The largest absolute Gasteiger partial charge is 0.370 e. The molecule has 2 aliphatic rings. The first-order valence-corrected chi connectivity index (χ1v) is 9.16. The molecular formula is C17H20N4O3S. The van der Waals surface area contributed by atoms with Gasteiger partial charge < -0.3 is 16.0 Å². The van der Waals surface area contributed by atoms with Crippen LogP contribution in [0.4, 0.5) is 5.82 Å². The number of ketones is 2. The van der Waals surface area contributed by atoms with Gasteiger partial charge in [-0.15, -0.1) is 0 Å². The van der Waals surface area contributed by atoms with Gasteiger partial charge in [-0.05, 0) is 38.3 Å². The molecular weight excluding hydrogens is 340 g/mol. The van der Waals surface area contributed by atoms with Gasteiger partial charge in [0.1, 0.15) is 5.82 Å². The number of thioether (sulfide) groups is 1. The zero-order valence-corrected chi connectivity index (χ0v) is 14.7. The van der Waals surface area contributed by atoms with Crippen LogP contribution in [0.3, 0.4) is 0 Å². The van der Waals surface area contributed by atoms with E-state index in [1.54, 1.807) is 12.1 Å². The second-order valence-corrected chi connectivity index (χ2v) is 6.99. The summed E-state index contributed by atoms with van der Waals surface area (Å²) in [5, 5.41) is 8.82. The van der Waals surface area contributed by atoms with E-state index in [0.29, 0.717) is 35.5 Å². The molecule has 7 nitrogen and oxygen atoms in total. The Morgan fingerprint density at radius 2 is 2.32 bits per heavy atom.